The average molecular weight is 301 g/mol. The van der Waals surface area contributed by atoms with Gasteiger partial charge in [0, 0.05) is 0 Å². The second kappa shape index (κ2) is 10.9. The number of rotatable bonds is 0. The Kier molecular flexibility index (Phi) is 18.6. The number of benzene rings is 1. The first-order valence-corrected chi connectivity index (χ1v) is 4.76. The molecule has 1 aliphatic heterocycles. The van der Waals surface area contributed by atoms with Crippen LogP contribution in [0.15, 0.2) is 29.2 Å². The molecule has 0 bridgehead atoms. The fraction of sp³-hybridized carbons (Fsp3) is 0. The van der Waals surface area contributed by atoms with Crippen LogP contribution >= 0.6 is 0 Å². The van der Waals surface area contributed by atoms with Gasteiger partial charge in [0.15, 0.2) is 0 Å². The molecule has 94 valence electrons. The molecule has 0 spiro atoms. The van der Waals surface area contributed by atoms with Crippen LogP contribution in [0.25, 0.3) is 0 Å². The minimum atomic E-state index is -3.55. The molecule has 0 saturated heterocycles. The van der Waals surface area contributed by atoms with Crippen molar-refractivity contribution in [2.24, 2.45) is 0 Å². The number of fused-ring (bicyclic) bond motifs is 1. The van der Waals surface area contributed by atoms with Gasteiger partial charge in [0.1, 0.15) is 4.90 Å². The number of carbonyl (C=O) groups excluding carboxylic acids is 1. The standard InChI is InChI=1S/C7H5NO3S.Al.Na.4H2O/c9-7-5-3-1-2-4-6(5)12(10,11)8-7;;;;;;/h1-4H,(H,8,9);;;4*1H2/q;+3;+1;;;;/p-4. The third-order valence-corrected chi connectivity index (χ3v) is 3.04. The summed E-state index contributed by atoms with van der Waals surface area (Å²) >= 11 is 0. The molecule has 2 rings (SSSR count). The van der Waals surface area contributed by atoms with Crippen LogP contribution in [0.5, 0.6) is 0 Å². The maximum atomic E-state index is 11.1. The molecule has 0 fully saturated rings. The summed E-state index contributed by atoms with van der Waals surface area (Å²) in [6, 6.07) is 6.09. The minimum absolute atomic E-state index is 0. The molecule has 0 unspecified atom stereocenters. The van der Waals surface area contributed by atoms with E-state index in [0.717, 1.165) is 0 Å². The van der Waals surface area contributed by atoms with Crippen molar-refractivity contribution < 1.29 is 64.7 Å². The zero-order valence-electron chi connectivity index (χ0n) is 9.31. The van der Waals surface area contributed by atoms with Crippen molar-refractivity contribution in [2.45, 2.75) is 4.90 Å². The third-order valence-electron chi connectivity index (χ3n) is 1.65. The van der Waals surface area contributed by atoms with E-state index in [0.29, 0.717) is 0 Å². The van der Waals surface area contributed by atoms with Gasteiger partial charge in [-0.1, -0.05) is 12.1 Å². The minimum Gasteiger partial charge on any atom is -0.870 e. The predicted molar refractivity (Wildman–Crippen MR) is 54.6 cm³/mol. The molecule has 1 heterocycles. The fourth-order valence-electron chi connectivity index (χ4n) is 1.12. The zero-order valence-corrected chi connectivity index (χ0v) is 13.3. The number of hydrogen-bond acceptors (Lipinski definition) is 7. The fourth-order valence-corrected chi connectivity index (χ4v) is 2.29. The van der Waals surface area contributed by atoms with Crippen LogP contribution in [0.2, 0.25) is 0 Å². The number of nitrogens with one attached hydrogen (secondary N) is 1. The molecule has 0 atom stereocenters. The van der Waals surface area contributed by atoms with Crippen molar-refractivity contribution >= 4 is 33.3 Å². The van der Waals surface area contributed by atoms with Gasteiger partial charge in [-0.05, 0) is 12.1 Å². The summed E-state index contributed by atoms with van der Waals surface area (Å²) in [6.45, 7) is 0. The molecule has 1 aromatic rings. The zero-order chi connectivity index (χ0) is 8.77. The van der Waals surface area contributed by atoms with E-state index in [2.05, 4.69) is 0 Å². The molecule has 0 aliphatic carbocycles. The molecule has 1 aliphatic rings. The molecule has 5 N–H and O–H groups in total. The van der Waals surface area contributed by atoms with Gasteiger partial charge >= 0.3 is 46.9 Å². The van der Waals surface area contributed by atoms with E-state index in [-0.39, 0.29) is 79.3 Å². The second-order valence-electron chi connectivity index (χ2n) is 2.43. The van der Waals surface area contributed by atoms with E-state index in [1.54, 1.807) is 12.1 Å². The summed E-state index contributed by atoms with van der Waals surface area (Å²) in [7, 11) is -3.55. The normalized spacial score (nSPS) is 12.3. The Morgan fingerprint density at radius 1 is 0.944 bits per heavy atom. The van der Waals surface area contributed by atoms with Crippen molar-refractivity contribution in [1.29, 1.82) is 0 Å². The van der Waals surface area contributed by atoms with E-state index in [9.17, 15) is 13.2 Å². The van der Waals surface area contributed by atoms with Crippen LogP contribution in [-0.4, -0.2) is 53.6 Å². The van der Waals surface area contributed by atoms with Crippen LogP contribution in [0.4, 0.5) is 0 Å². The molecule has 0 saturated carbocycles. The van der Waals surface area contributed by atoms with Crippen molar-refractivity contribution in [3.05, 3.63) is 29.8 Å². The summed E-state index contributed by atoms with van der Waals surface area (Å²) in [5.41, 5.74) is 0.220. The molecular weight excluding hydrogens is 292 g/mol. The van der Waals surface area contributed by atoms with E-state index >= 15 is 0 Å². The Labute approximate surface area is 136 Å². The van der Waals surface area contributed by atoms with Crippen LogP contribution in [0.1, 0.15) is 10.4 Å². The Morgan fingerprint density at radius 3 is 1.83 bits per heavy atom. The second-order valence-corrected chi connectivity index (χ2v) is 4.08. The molecule has 18 heavy (non-hydrogen) atoms. The summed E-state index contributed by atoms with van der Waals surface area (Å²) < 4.78 is 24.2. The number of carbonyl (C=O) groups is 1. The van der Waals surface area contributed by atoms with Gasteiger partial charge < -0.3 is 21.9 Å². The third kappa shape index (κ3) is 5.33. The Bertz CT molecular complexity index is 467. The van der Waals surface area contributed by atoms with Crippen LogP contribution < -0.4 is 34.3 Å². The predicted octanol–water partition coefficient (Wildman–Crippen LogP) is -3.97. The van der Waals surface area contributed by atoms with Crippen LogP contribution in [-0.2, 0) is 10.0 Å². The largest absolute Gasteiger partial charge is 3.00 e. The van der Waals surface area contributed by atoms with Gasteiger partial charge in [0.05, 0.1) is 5.56 Å². The Balaban J connectivity index is -0.0000000939. The summed E-state index contributed by atoms with van der Waals surface area (Å²) in [5, 5.41) is 0. The molecule has 1 aromatic carbocycles. The first-order chi connectivity index (χ1) is 5.61. The Hall–Kier alpha value is 0.0125. The molecule has 8 nitrogen and oxygen atoms in total. The number of sulfonamides is 1. The molecular formula is C7H9AlNNaO7S. The topological polar surface area (TPSA) is 183 Å². The first-order valence-electron chi connectivity index (χ1n) is 3.27. The van der Waals surface area contributed by atoms with E-state index in [1.165, 1.54) is 12.1 Å². The Morgan fingerprint density at radius 2 is 1.39 bits per heavy atom. The summed E-state index contributed by atoms with van der Waals surface area (Å²) in [5.74, 6) is -0.550. The van der Waals surface area contributed by atoms with Gasteiger partial charge in [0.25, 0.3) is 15.9 Å². The van der Waals surface area contributed by atoms with Gasteiger partial charge in [-0.15, -0.1) is 0 Å². The van der Waals surface area contributed by atoms with Crippen LogP contribution in [0.3, 0.4) is 0 Å². The van der Waals surface area contributed by atoms with E-state index < -0.39 is 15.9 Å². The van der Waals surface area contributed by atoms with Crippen molar-refractivity contribution in [3.63, 3.8) is 0 Å². The van der Waals surface area contributed by atoms with Gasteiger partial charge in [-0.3, -0.25) is 4.79 Å². The van der Waals surface area contributed by atoms with Crippen molar-refractivity contribution in [1.82, 2.24) is 4.72 Å². The first kappa shape index (κ1) is 30.8. The SMILES string of the molecule is O=C1NS(=O)(=O)c2ccccc21.[Al+3].[Na+].[OH-].[OH-].[OH-].[OH-]. The van der Waals surface area contributed by atoms with Crippen LogP contribution in [0, 0.1) is 0 Å². The molecule has 0 radical (unpaired) electrons. The molecule has 11 heteroatoms. The smallest absolute Gasteiger partial charge is 0.870 e. The van der Waals surface area contributed by atoms with Crippen molar-refractivity contribution in [2.75, 3.05) is 0 Å². The van der Waals surface area contributed by atoms with Gasteiger partial charge in [0.2, 0.25) is 0 Å². The molecule has 1 amide bonds. The van der Waals surface area contributed by atoms with Gasteiger partial charge in [-0.25, -0.2) is 13.1 Å². The summed E-state index contributed by atoms with van der Waals surface area (Å²) in [6.07, 6.45) is 0. The monoisotopic (exact) mass is 301 g/mol. The average Bonchev–Trinajstić information content (AvgIpc) is 2.25. The van der Waals surface area contributed by atoms with Gasteiger partial charge in [-0.2, -0.15) is 0 Å². The molecule has 0 aromatic heterocycles. The summed E-state index contributed by atoms with van der Waals surface area (Å²) in [4.78, 5) is 11.1. The number of hydrogen-bond donors (Lipinski definition) is 1. The van der Waals surface area contributed by atoms with E-state index in [4.69, 9.17) is 0 Å². The maximum absolute atomic E-state index is 11.1. The van der Waals surface area contributed by atoms with E-state index in [1.807, 2.05) is 4.72 Å². The maximum Gasteiger partial charge on any atom is 3.00 e. The van der Waals surface area contributed by atoms with Crippen molar-refractivity contribution in [3.8, 4) is 0 Å². The number of amides is 1. The quantitative estimate of drug-likeness (QED) is 0.473.